The molecular formula is C22H22N2O4. The summed E-state index contributed by atoms with van der Waals surface area (Å²) in [5.41, 5.74) is 1.70. The lowest BCUT2D eigenvalue weighted by molar-refractivity contribution is 0.0766. The van der Waals surface area contributed by atoms with E-state index in [2.05, 4.69) is 10.2 Å². The van der Waals surface area contributed by atoms with E-state index in [1.54, 1.807) is 43.5 Å². The van der Waals surface area contributed by atoms with Crippen molar-refractivity contribution in [2.75, 3.05) is 27.2 Å². The number of fused-ring (bicyclic) bond motifs is 1. The summed E-state index contributed by atoms with van der Waals surface area (Å²) in [6.45, 7) is 1.51. The highest BCUT2D eigenvalue weighted by Gasteiger charge is 2.32. The van der Waals surface area contributed by atoms with E-state index in [0.717, 1.165) is 18.5 Å². The number of likely N-dealkylation sites (N-methyl/N-ethyl adjacent to an activating group) is 1. The number of benzene rings is 2. The second-order valence-electron chi connectivity index (χ2n) is 7.14. The normalized spacial score (nSPS) is 19.8. The van der Waals surface area contributed by atoms with E-state index in [4.69, 9.17) is 9.15 Å². The summed E-state index contributed by atoms with van der Waals surface area (Å²) < 4.78 is 10.9. The van der Waals surface area contributed by atoms with Crippen molar-refractivity contribution >= 4 is 16.9 Å². The number of carbonyl (C=O) groups excluding carboxylic acids is 1. The molecule has 28 heavy (non-hydrogen) atoms. The topological polar surface area (TPSA) is 71.8 Å². The average molecular weight is 378 g/mol. The predicted molar refractivity (Wildman–Crippen MR) is 107 cm³/mol. The van der Waals surface area contributed by atoms with Gasteiger partial charge in [0.15, 0.2) is 0 Å². The molecule has 2 aromatic carbocycles. The highest BCUT2D eigenvalue weighted by Crippen LogP contribution is 2.22. The molecule has 1 aliphatic heterocycles. The second-order valence-corrected chi connectivity index (χ2v) is 7.14. The van der Waals surface area contributed by atoms with Crippen LogP contribution in [0.15, 0.2) is 63.8 Å². The number of rotatable bonds is 4. The summed E-state index contributed by atoms with van der Waals surface area (Å²) in [5.74, 6) is -0.186. The monoisotopic (exact) mass is 378 g/mol. The molecule has 0 aliphatic carbocycles. The molecule has 0 radical (unpaired) electrons. The van der Waals surface area contributed by atoms with Crippen LogP contribution < -0.4 is 10.9 Å². The fourth-order valence-electron chi connectivity index (χ4n) is 3.68. The summed E-state index contributed by atoms with van der Waals surface area (Å²) in [6.07, 6.45) is -0.0373. The summed E-state index contributed by atoms with van der Waals surface area (Å²) in [4.78, 5) is 27.3. The summed E-state index contributed by atoms with van der Waals surface area (Å²) in [7, 11) is 3.65. The maximum absolute atomic E-state index is 12.8. The van der Waals surface area contributed by atoms with Crippen molar-refractivity contribution in [2.45, 2.75) is 12.1 Å². The molecule has 144 valence electrons. The SMILES string of the molecule is CO[C@H]1CN(C)C[C@@H]1NC(=O)c1cccc(-c2cc3ccccc3oc2=O)c1. The van der Waals surface area contributed by atoms with Gasteiger partial charge in [-0.05, 0) is 36.9 Å². The Balaban J connectivity index is 1.62. The van der Waals surface area contributed by atoms with Crippen molar-refractivity contribution in [2.24, 2.45) is 0 Å². The van der Waals surface area contributed by atoms with Crippen molar-refractivity contribution in [1.29, 1.82) is 0 Å². The van der Waals surface area contributed by atoms with Crippen LogP contribution in [0.5, 0.6) is 0 Å². The molecular weight excluding hydrogens is 356 g/mol. The zero-order chi connectivity index (χ0) is 19.7. The third kappa shape index (κ3) is 3.56. The van der Waals surface area contributed by atoms with Crippen LogP contribution in [-0.4, -0.2) is 50.2 Å². The van der Waals surface area contributed by atoms with E-state index in [-0.39, 0.29) is 18.1 Å². The Hall–Kier alpha value is -2.96. The van der Waals surface area contributed by atoms with Crippen LogP contribution in [0.1, 0.15) is 10.4 Å². The lowest BCUT2D eigenvalue weighted by atomic mass is 10.0. The second kappa shape index (κ2) is 7.58. The van der Waals surface area contributed by atoms with Crippen molar-refractivity contribution in [3.63, 3.8) is 0 Å². The third-order valence-corrected chi connectivity index (χ3v) is 5.15. The van der Waals surface area contributed by atoms with Crippen molar-refractivity contribution in [1.82, 2.24) is 10.2 Å². The molecule has 1 amide bonds. The van der Waals surface area contributed by atoms with Gasteiger partial charge in [0.2, 0.25) is 0 Å². The first-order valence-corrected chi connectivity index (χ1v) is 9.20. The van der Waals surface area contributed by atoms with Crippen LogP contribution in [0.4, 0.5) is 0 Å². The summed E-state index contributed by atoms with van der Waals surface area (Å²) in [6, 6.07) is 16.1. The van der Waals surface area contributed by atoms with Crippen molar-refractivity contribution in [3.05, 3.63) is 70.6 Å². The minimum Gasteiger partial charge on any atom is -0.422 e. The molecule has 1 fully saturated rings. The molecule has 6 nitrogen and oxygen atoms in total. The highest BCUT2D eigenvalue weighted by molar-refractivity contribution is 5.96. The van der Waals surface area contributed by atoms with E-state index in [9.17, 15) is 9.59 Å². The highest BCUT2D eigenvalue weighted by atomic mass is 16.5. The van der Waals surface area contributed by atoms with Gasteiger partial charge in [0.1, 0.15) is 5.58 Å². The molecule has 0 spiro atoms. The maximum atomic E-state index is 12.8. The van der Waals surface area contributed by atoms with Gasteiger partial charge in [0, 0.05) is 31.1 Å². The third-order valence-electron chi connectivity index (χ3n) is 5.15. The fraction of sp³-hybridized carbons (Fsp3) is 0.273. The van der Waals surface area contributed by atoms with Gasteiger partial charge < -0.3 is 19.4 Å². The number of ether oxygens (including phenoxy) is 1. The molecule has 1 aliphatic rings. The van der Waals surface area contributed by atoms with Crippen molar-refractivity contribution in [3.8, 4) is 11.1 Å². The molecule has 1 N–H and O–H groups in total. The van der Waals surface area contributed by atoms with Crippen LogP contribution in [0.3, 0.4) is 0 Å². The standard InChI is InChI=1S/C22H22N2O4/c1-24-12-18(20(13-24)27-2)23-21(25)16-8-5-7-14(10-16)17-11-15-6-3-4-9-19(15)28-22(17)26/h3-11,18,20H,12-13H2,1-2H3,(H,23,25)/t18-,20-/m0/s1. The summed E-state index contributed by atoms with van der Waals surface area (Å²) >= 11 is 0. The minimum absolute atomic E-state index is 0.0373. The summed E-state index contributed by atoms with van der Waals surface area (Å²) in [5, 5.41) is 3.88. The quantitative estimate of drug-likeness (QED) is 0.707. The number of carbonyl (C=O) groups is 1. The van der Waals surface area contributed by atoms with Crippen LogP contribution in [0.2, 0.25) is 0 Å². The number of likely N-dealkylation sites (tertiary alicyclic amines) is 1. The Kier molecular flexibility index (Phi) is 4.98. The van der Waals surface area contributed by atoms with Crippen LogP contribution in [-0.2, 0) is 4.74 Å². The molecule has 0 saturated carbocycles. The van der Waals surface area contributed by atoms with Gasteiger partial charge in [-0.1, -0.05) is 30.3 Å². The van der Waals surface area contributed by atoms with E-state index >= 15 is 0 Å². The zero-order valence-electron chi connectivity index (χ0n) is 15.8. The maximum Gasteiger partial charge on any atom is 0.344 e. The molecule has 1 aromatic heterocycles. The number of para-hydroxylation sites is 1. The Morgan fingerprint density at radius 3 is 2.79 bits per heavy atom. The molecule has 2 heterocycles. The van der Waals surface area contributed by atoms with Gasteiger partial charge >= 0.3 is 5.63 Å². The zero-order valence-corrected chi connectivity index (χ0v) is 15.8. The number of nitrogens with one attached hydrogen (secondary N) is 1. The largest absolute Gasteiger partial charge is 0.422 e. The smallest absolute Gasteiger partial charge is 0.344 e. The van der Waals surface area contributed by atoms with Crippen molar-refractivity contribution < 1.29 is 13.9 Å². The van der Waals surface area contributed by atoms with E-state index in [1.807, 2.05) is 25.2 Å². The number of nitrogens with zero attached hydrogens (tertiary/aromatic N) is 1. The number of methoxy groups -OCH3 is 1. The van der Waals surface area contributed by atoms with Gasteiger partial charge in [-0.25, -0.2) is 4.79 Å². The Morgan fingerprint density at radius 1 is 1.14 bits per heavy atom. The molecule has 0 unspecified atom stereocenters. The van der Waals surface area contributed by atoms with E-state index in [1.165, 1.54) is 0 Å². The predicted octanol–water partition coefficient (Wildman–Crippen LogP) is 2.52. The van der Waals surface area contributed by atoms with Crippen LogP contribution in [0, 0.1) is 0 Å². The molecule has 3 aromatic rings. The van der Waals surface area contributed by atoms with Gasteiger partial charge in [0.05, 0.1) is 17.7 Å². The average Bonchev–Trinajstić information content (AvgIpc) is 3.06. The molecule has 1 saturated heterocycles. The van der Waals surface area contributed by atoms with Gasteiger partial charge in [-0.2, -0.15) is 0 Å². The number of amides is 1. The molecule has 0 bridgehead atoms. The Labute approximate surface area is 162 Å². The Bertz CT molecular complexity index is 1080. The lowest BCUT2D eigenvalue weighted by Crippen LogP contribution is -2.43. The van der Waals surface area contributed by atoms with Gasteiger partial charge in [0.25, 0.3) is 5.91 Å². The first kappa shape index (κ1) is 18.4. The minimum atomic E-state index is -0.423. The lowest BCUT2D eigenvalue weighted by Gasteiger charge is -2.18. The first-order chi connectivity index (χ1) is 13.5. The van der Waals surface area contributed by atoms with Gasteiger partial charge in [-0.15, -0.1) is 0 Å². The first-order valence-electron chi connectivity index (χ1n) is 9.20. The number of hydrogen-bond acceptors (Lipinski definition) is 5. The molecule has 4 rings (SSSR count). The Morgan fingerprint density at radius 2 is 1.96 bits per heavy atom. The van der Waals surface area contributed by atoms with Crippen LogP contribution in [0.25, 0.3) is 22.1 Å². The van der Waals surface area contributed by atoms with Gasteiger partial charge in [-0.3, -0.25) is 4.79 Å². The molecule has 6 heteroatoms. The van der Waals surface area contributed by atoms with E-state index in [0.29, 0.717) is 22.3 Å². The van der Waals surface area contributed by atoms with Crippen LogP contribution >= 0.6 is 0 Å². The fourth-order valence-corrected chi connectivity index (χ4v) is 3.68. The number of hydrogen-bond donors (Lipinski definition) is 1. The van der Waals surface area contributed by atoms with E-state index < -0.39 is 5.63 Å². The molecule has 2 atom stereocenters.